The van der Waals surface area contributed by atoms with Crippen molar-refractivity contribution in [3.8, 4) is 5.75 Å². The number of nitrogens with zero attached hydrogens (tertiary/aromatic N) is 1. The van der Waals surface area contributed by atoms with E-state index >= 15 is 0 Å². The number of nitrogens with one attached hydrogen (secondary N) is 2. The molecule has 2 unspecified atom stereocenters. The third kappa shape index (κ3) is 7.51. The molecular weight excluding hydrogens is 466 g/mol. The molecule has 9 heteroatoms. The standard InChI is InChI=1S/C26H31N3O5S/c1-3-18(2)34-23(30)17-21-25(32)27-14-15-29(21)26(35)28-24(31)20-11-7-8-12-22(20)33-16-13-19-9-5-4-6-10-19/h4-12,18,21H,3,13-17H2,1-2H3,(H,27,32)(H,28,31,35). The molecule has 1 heterocycles. The van der Waals surface area contributed by atoms with E-state index < -0.39 is 17.9 Å². The zero-order valence-corrected chi connectivity index (χ0v) is 20.8. The first-order valence-electron chi connectivity index (χ1n) is 11.7. The fourth-order valence-corrected chi connectivity index (χ4v) is 3.93. The smallest absolute Gasteiger partial charge is 0.308 e. The van der Waals surface area contributed by atoms with E-state index in [-0.39, 0.29) is 23.5 Å². The highest BCUT2D eigenvalue weighted by atomic mass is 32.1. The summed E-state index contributed by atoms with van der Waals surface area (Å²) in [5.41, 5.74) is 1.47. The van der Waals surface area contributed by atoms with E-state index in [0.29, 0.717) is 43.9 Å². The fourth-order valence-electron chi connectivity index (χ4n) is 3.61. The molecule has 1 aliphatic heterocycles. The Labute approximate surface area is 211 Å². The van der Waals surface area contributed by atoms with Crippen molar-refractivity contribution in [3.05, 3.63) is 65.7 Å². The molecule has 0 bridgehead atoms. The molecule has 2 aromatic carbocycles. The number of amides is 2. The highest BCUT2D eigenvalue weighted by Crippen LogP contribution is 2.19. The molecule has 0 radical (unpaired) electrons. The summed E-state index contributed by atoms with van der Waals surface area (Å²) in [4.78, 5) is 39.4. The van der Waals surface area contributed by atoms with Crippen molar-refractivity contribution >= 4 is 35.1 Å². The molecule has 1 fully saturated rings. The molecule has 186 valence electrons. The maximum Gasteiger partial charge on any atom is 0.308 e. The van der Waals surface area contributed by atoms with Gasteiger partial charge in [-0.3, -0.25) is 19.7 Å². The normalized spacial score (nSPS) is 16.1. The Hall–Kier alpha value is -3.46. The van der Waals surface area contributed by atoms with Crippen LogP contribution in [0.15, 0.2) is 54.6 Å². The van der Waals surface area contributed by atoms with Crippen LogP contribution in [0.25, 0.3) is 0 Å². The van der Waals surface area contributed by atoms with Gasteiger partial charge in [-0.15, -0.1) is 0 Å². The minimum Gasteiger partial charge on any atom is -0.492 e. The first-order valence-corrected chi connectivity index (χ1v) is 12.1. The van der Waals surface area contributed by atoms with Gasteiger partial charge in [-0.2, -0.15) is 0 Å². The Balaban J connectivity index is 1.63. The van der Waals surface area contributed by atoms with Gasteiger partial charge in [0.25, 0.3) is 5.91 Å². The van der Waals surface area contributed by atoms with E-state index in [0.717, 1.165) is 5.56 Å². The van der Waals surface area contributed by atoms with Crippen LogP contribution < -0.4 is 15.4 Å². The zero-order valence-electron chi connectivity index (χ0n) is 20.0. The Morgan fingerprint density at radius 3 is 2.63 bits per heavy atom. The van der Waals surface area contributed by atoms with Gasteiger partial charge in [-0.05, 0) is 43.3 Å². The monoisotopic (exact) mass is 497 g/mol. The molecule has 0 aromatic heterocycles. The van der Waals surface area contributed by atoms with Gasteiger partial charge in [-0.1, -0.05) is 49.4 Å². The summed E-state index contributed by atoms with van der Waals surface area (Å²) in [6.45, 7) is 4.82. The second kappa shape index (κ2) is 12.9. The van der Waals surface area contributed by atoms with Crippen LogP contribution in [-0.4, -0.2) is 59.6 Å². The van der Waals surface area contributed by atoms with Gasteiger partial charge < -0.3 is 19.7 Å². The fraction of sp³-hybridized carbons (Fsp3) is 0.385. The minimum absolute atomic E-state index is 0.0743. The van der Waals surface area contributed by atoms with Gasteiger partial charge >= 0.3 is 5.97 Å². The first kappa shape index (κ1) is 26.2. The minimum atomic E-state index is -0.856. The van der Waals surface area contributed by atoms with Crippen molar-refractivity contribution in [2.45, 2.75) is 45.3 Å². The molecule has 0 aliphatic carbocycles. The number of benzene rings is 2. The second-order valence-electron chi connectivity index (χ2n) is 8.25. The lowest BCUT2D eigenvalue weighted by atomic mass is 10.1. The van der Waals surface area contributed by atoms with Crippen molar-refractivity contribution in [3.63, 3.8) is 0 Å². The number of hydrogen-bond acceptors (Lipinski definition) is 6. The third-order valence-corrected chi connectivity index (χ3v) is 6.04. The number of ether oxygens (including phenoxy) is 2. The Morgan fingerprint density at radius 1 is 1.17 bits per heavy atom. The molecule has 2 N–H and O–H groups in total. The van der Waals surface area contributed by atoms with E-state index in [9.17, 15) is 14.4 Å². The molecular formula is C26H31N3O5S. The van der Waals surface area contributed by atoms with Crippen molar-refractivity contribution in [1.82, 2.24) is 15.5 Å². The number of carbonyl (C=O) groups is 3. The molecule has 8 nitrogen and oxygen atoms in total. The highest BCUT2D eigenvalue weighted by molar-refractivity contribution is 7.80. The first-order chi connectivity index (χ1) is 16.9. The Bertz CT molecular complexity index is 1050. The van der Waals surface area contributed by atoms with Crippen molar-refractivity contribution in [2.24, 2.45) is 0 Å². The van der Waals surface area contributed by atoms with Crippen LogP contribution in [0.3, 0.4) is 0 Å². The molecule has 2 aromatic rings. The van der Waals surface area contributed by atoms with Crippen molar-refractivity contribution < 1.29 is 23.9 Å². The molecule has 3 rings (SSSR count). The summed E-state index contributed by atoms with van der Waals surface area (Å²) in [5.74, 6) is -0.831. The van der Waals surface area contributed by atoms with Gasteiger partial charge in [-0.25, -0.2) is 0 Å². The van der Waals surface area contributed by atoms with Gasteiger partial charge in [0.2, 0.25) is 5.91 Å². The van der Waals surface area contributed by atoms with Crippen LogP contribution >= 0.6 is 12.2 Å². The number of thiocarbonyl (C=S) groups is 1. The number of esters is 1. The average molecular weight is 498 g/mol. The lowest BCUT2D eigenvalue weighted by molar-refractivity contribution is -0.151. The van der Waals surface area contributed by atoms with E-state index in [1.807, 2.05) is 37.3 Å². The lowest BCUT2D eigenvalue weighted by Gasteiger charge is -2.36. The van der Waals surface area contributed by atoms with Crippen molar-refractivity contribution in [2.75, 3.05) is 19.7 Å². The van der Waals surface area contributed by atoms with E-state index in [1.54, 1.807) is 36.1 Å². The third-order valence-electron chi connectivity index (χ3n) is 5.70. The summed E-state index contributed by atoms with van der Waals surface area (Å²) in [6.07, 6.45) is 0.971. The molecule has 0 saturated carbocycles. The number of carbonyl (C=O) groups excluding carboxylic acids is 3. The van der Waals surface area contributed by atoms with Gasteiger partial charge in [0.15, 0.2) is 5.11 Å². The number of para-hydroxylation sites is 1. The van der Waals surface area contributed by atoms with Gasteiger partial charge in [0, 0.05) is 19.5 Å². The quantitative estimate of drug-likeness (QED) is 0.406. The van der Waals surface area contributed by atoms with Crippen LogP contribution in [0.1, 0.15) is 42.6 Å². The van der Waals surface area contributed by atoms with E-state index in [4.69, 9.17) is 21.7 Å². The Morgan fingerprint density at radius 2 is 1.89 bits per heavy atom. The summed E-state index contributed by atoms with van der Waals surface area (Å²) in [6, 6.07) is 16.0. The predicted octanol–water partition coefficient (Wildman–Crippen LogP) is 2.86. The lowest BCUT2D eigenvalue weighted by Crippen LogP contribution is -2.60. The molecule has 2 amide bonds. The topological polar surface area (TPSA) is 97.0 Å². The molecule has 1 saturated heterocycles. The predicted molar refractivity (Wildman–Crippen MR) is 136 cm³/mol. The average Bonchev–Trinajstić information content (AvgIpc) is 2.86. The Kier molecular flexibility index (Phi) is 9.60. The highest BCUT2D eigenvalue weighted by Gasteiger charge is 2.34. The van der Waals surface area contributed by atoms with Crippen LogP contribution in [0.5, 0.6) is 5.75 Å². The van der Waals surface area contributed by atoms with Crippen LogP contribution in [0.4, 0.5) is 0 Å². The van der Waals surface area contributed by atoms with Gasteiger partial charge in [0.05, 0.1) is 24.7 Å². The van der Waals surface area contributed by atoms with E-state index in [2.05, 4.69) is 10.6 Å². The molecule has 35 heavy (non-hydrogen) atoms. The summed E-state index contributed by atoms with van der Waals surface area (Å²) >= 11 is 5.46. The summed E-state index contributed by atoms with van der Waals surface area (Å²) in [5, 5.41) is 5.51. The van der Waals surface area contributed by atoms with Crippen LogP contribution in [-0.2, 0) is 20.7 Å². The second-order valence-corrected chi connectivity index (χ2v) is 8.64. The SMILES string of the molecule is CCC(C)OC(=O)CC1C(=O)NCCN1C(=S)NC(=O)c1ccccc1OCCc1ccccc1. The molecule has 2 atom stereocenters. The van der Waals surface area contributed by atoms with Crippen molar-refractivity contribution in [1.29, 1.82) is 0 Å². The van der Waals surface area contributed by atoms with E-state index in [1.165, 1.54) is 0 Å². The number of rotatable bonds is 9. The maximum atomic E-state index is 13.0. The largest absolute Gasteiger partial charge is 0.492 e. The van der Waals surface area contributed by atoms with Crippen LogP contribution in [0.2, 0.25) is 0 Å². The van der Waals surface area contributed by atoms with Gasteiger partial charge in [0.1, 0.15) is 11.8 Å². The zero-order chi connectivity index (χ0) is 25.2. The maximum absolute atomic E-state index is 13.0. The number of hydrogen-bond donors (Lipinski definition) is 2. The molecule has 1 aliphatic rings. The molecule has 0 spiro atoms. The summed E-state index contributed by atoms with van der Waals surface area (Å²) < 4.78 is 11.2. The number of piperazine rings is 1. The van der Waals surface area contributed by atoms with Crippen LogP contribution in [0, 0.1) is 0 Å². The summed E-state index contributed by atoms with van der Waals surface area (Å²) in [7, 11) is 0.